The predicted octanol–water partition coefficient (Wildman–Crippen LogP) is 3.40. The van der Waals surface area contributed by atoms with Gasteiger partial charge < -0.3 is 0 Å². The fourth-order valence-corrected chi connectivity index (χ4v) is 2.95. The van der Waals surface area contributed by atoms with Crippen LogP contribution in [0.3, 0.4) is 0 Å². The van der Waals surface area contributed by atoms with Gasteiger partial charge in [-0.3, -0.25) is 9.36 Å². The molecule has 19 heavy (non-hydrogen) atoms. The Hall–Kier alpha value is -1.94. The Morgan fingerprint density at radius 1 is 1.21 bits per heavy atom. The molecule has 96 valence electrons. The lowest BCUT2D eigenvalue weighted by atomic mass is 10.2. The third-order valence-corrected chi connectivity index (χ3v) is 3.93. The second-order valence-corrected chi connectivity index (χ2v) is 5.31. The smallest absolute Gasteiger partial charge is 0.267 e. The van der Waals surface area contributed by atoms with E-state index in [4.69, 9.17) is 0 Å². The van der Waals surface area contributed by atoms with Gasteiger partial charge in [-0.15, -0.1) is 11.3 Å². The van der Waals surface area contributed by atoms with E-state index in [1.165, 1.54) is 11.3 Å². The first kappa shape index (κ1) is 12.1. The van der Waals surface area contributed by atoms with E-state index in [1.807, 2.05) is 41.8 Å². The lowest BCUT2D eigenvalue weighted by Crippen LogP contribution is -2.23. The molecule has 0 aliphatic heterocycles. The van der Waals surface area contributed by atoms with Gasteiger partial charge in [0, 0.05) is 6.42 Å². The molecule has 0 radical (unpaired) electrons. The maximum absolute atomic E-state index is 12.6. The quantitative estimate of drug-likeness (QED) is 0.731. The van der Waals surface area contributed by atoms with E-state index in [0.717, 1.165) is 34.6 Å². The third-order valence-electron chi connectivity index (χ3n) is 3.04. The van der Waals surface area contributed by atoms with Crippen molar-refractivity contribution in [2.75, 3.05) is 0 Å². The Labute approximate surface area is 115 Å². The number of thiophene rings is 1. The molecular weight excluding hydrogens is 256 g/mol. The number of para-hydroxylation sites is 1. The average Bonchev–Trinajstić information content (AvgIpc) is 2.89. The molecule has 0 spiro atoms. The van der Waals surface area contributed by atoms with Crippen LogP contribution < -0.4 is 5.56 Å². The number of fused-ring (bicyclic) bond motifs is 1. The molecule has 0 aliphatic carbocycles. The van der Waals surface area contributed by atoms with Crippen LogP contribution in [0.5, 0.6) is 0 Å². The van der Waals surface area contributed by atoms with Crippen LogP contribution in [-0.4, -0.2) is 9.55 Å². The van der Waals surface area contributed by atoms with Crippen LogP contribution in [-0.2, 0) is 6.42 Å². The highest BCUT2D eigenvalue weighted by Gasteiger charge is 2.12. The zero-order valence-electron chi connectivity index (χ0n) is 10.7. The molecule has 0 atom stereocenters. The summed E-state index contributed by atoms with van der Waals surface area (Å²) in [5.41, 5.74) is 1.74. The SMILES string of the molecule is CCCc1nc2ccsc2c(=O)n1-c1ccccc1. The van der Waals surface area contributed by atoms with Crippen LogP contribution in [0.2, 0.25) is 0 Å². The van der Waals surface area contributed by atoms with E-state index in [-0.39, 0.29) is 5.56 Å². The number of hydrogen-bond donors (Lipinski definition) is 0. The summed E-state index contributed by atoms with van der Waals surface area (Å²) in [6, 6.07) is 11.6. The second kappa shape index (κ2) is 4.97. The normalized spacial score (nSPS) is 11.0. The van der Waals surface area contributed by atoms with Crippen LogP contribution >= 0.6 is 11.3 Å². The molecule has 1 aromatic carbocycles. The van der Waals surface area contributed by atoms with Crippen molar-refractivity contribution in [2.24, 2.45) is 0 Å². The first-order valence-corrected chi connectivity index (χ1v) is 7.23. The van der Waals surface area contributed by atoms with Gasteiger partial charge in [0.15, 0.2) is 0 Å². The van der Waals surface area contributed by atoms with E-state index < -0.39 is 0 Å². The van der Waals surface area contributed by atoms with Gasteiger partial charge in [0.25, 0.3) is 5.56 Å². The van der Waals surface area contributed by atoms with E-state index in [2.05, 4.69) is 11.9 Å². The van der Waals surface area contributed by atoms with Gasteiger partial charge in [-0.1, -0.05) is 25.1 Å². The van der Waals surface area contributed by atoms with Gasteiger partial charge in [0.05, 0.1) is 11.2 Å². The largest absolute Gasteiger partial charge is 0.276 e. The van der Waals surface area contributed by atoms with Crippen LogP contribution in [0, 0.1) is 0 Å². The van der Waals surface area contributed by atoms with Crippen molar-refractivity contribution < 1.29 is 0 Å². The first-order valence-electron chi connectivity index (χ1n) is 6.36. The standard InChI is InChI=1S/C15H14N2OS/c1-2-6-13-16-12-9-10-19-14(12)15(18)17(13)11-7-4-3-5-8-11/h3-5,7-10H,2,6H2,1H3. The lowest BCUT2D eigenvalue weighted by molar-refractivity contribution is 0.776. The van der Waals surface area contributed by atoms with Gasteiger partial charge in [0.1, 0.15) is 10.5 Å². The molecule has 0 saturated carbocycles. The van der Waals surface area contributed by atoms with Gasteiger partial charge in [-0.2, -0.15) is 0 Å². The van der Waals surface area contributed by atoms with Crippen molar-refractivity contribution in [3.05, 3.63) is 58.0 Å². The minimum Gasteiger partial charge on any atom is -0.267 e. The molecule has 0 unspecified atom stereocenters. The fraction of sp³-hybridized carbons (Fsp3) is 0.200. The van der Waals surface area contributed by atoms with Crippen molar-refractivity contribution in [3.63, 3.8) is 0 Å². The summed E-state index contributed by atoms with van der Waals surface area (Å²) >= 11 is 1.45. The molecule has 0 bridgehead atoms. The van der Waals surface area contributed by atoms with E-state index >= 15 is 0 Å². The minimum atomic E-state index is 0.0367. The zero-order chi connectivity index (χ0) is 13.2. The van der Waals surface area contributed by atoms with Gasteiger partial charge in [-0.25, -0.2) is 4.98 Å². The van der Waals surface area contributed by atoms with Crippen molar-refractivity contribution in [3.8, 4) is 5.69 Å². The van der Waals surface area contributed by atoms with Gasteiger partial charge in [-0.05, 0) is 30.0 Å². The Balaban J connectivity index is 2.34. The van der Waals surface area contributed by atoms with E-state index in [1.54, 1.807) is 4.57 Å². The Morgan fingerprint density at radius 3 is 2.74 bits per heavy atom. The average molecular weight is 270 g/mol. The summed E-state index contributed by atoms with van der Waals surface area (Å²) in [4.78, 5) is 17.3. The summed E-state index contributed by atoms with van der Waals surface area (Å²) in [5.74, 6) is 0.838. The maximum Gasteiger partial charge on any atom is 0.276 e. The molecule has 3 nitrogen and oxygen atoms in total. The highest BCUT2D eigenvalue weighted by atomic mass is 32.1. The molecular formula is C15H14N2OS. The highest BCUT2D eigenvalue weighted by molar-refractivity contribution is 7.17. The molecule has 0 N–H and O–H groups in total. The van der Waals surface area contributed by atoms with Crippen LogP contribution in [0.4, 0.5) is 0 Å². The Morgan fingerprint density at radius 2 is 2.00 bits per heavy atom. The number of aryl methyl sites for hydroxylation is 1. The van der Waals surface area contributed by atoms with Crippen molar-refractivity contribution >= 4 is 21.6 Å². The monoisotopic (exact) mass is 270 g/mol. The Kier molecular flexibility index (Phi) is 3.17. The van der Waals surface area contributed by atoms with E-state index in [0.29, 0.717) is 0 Å². The topological polar surface area (TPSA) is 34.9 Å². The van der Waals surface area contributed by atoms with E-state index in [9.17, 15) is 4.79 Å². The maximum atomic E-state index is 12.6. The Bertz CT molecular complexity index is 759. The predicted molar refractivity (Wildman–Crippen MR) is 79.2 cm³/mol. The molecule has 0 aliphatic rings. The molecule has 3 aromatic rings. The van der Waals surface area contributed by atoms with Crippen molar-refractivity contribution in [1.82, 2.24) is 9.55 Å². The number of nitrogens with zero attached hydrogens (tertiary/aromatic N) is 2. The fourth-order valence-electron chi connectivity index (χ4n) is 2.19. The number of rotatable bonds is 3. The van der Waals surface area contributed by atoms with Gasteiger partial charge >= 0.3 is 0 Å². The zero-order valence-corrected chi connectivity index (χ0v) is 11.5. The van der Waals surface area contributed by atoms with Crippen molar-refractivity contribution in [2.45, 2.75) is 19.8 Å². The molecule has 0 amide bonds. The molecule has 3 rings (SSSR count). The molecule has 0 saturated heterocycles. The number of benzene rings is 1. The number of hydrogen-bond acceptors (Lipinski definition) is 3. The molecule has 2 heterocycles. The van der Waals surface area contributed by atoms with Gasteiger partial charge in [0.2, 0.25) is 0 Å². The minimum absolute atomic E-state index is 0.0367. The van der Waals surface area contributed by atoms with Crippen molar-refractivity contribution in [1.29, 1.82) is 0 Å². The second-order valence-electron chi connectivity index (χ2n) is 4.39. The summed E-state index contributed by atoms with van der Waals surface area (Å²) in [6.07, 6.45) is 1.77. The summed E-state index contributed by atoms with van der Waals surface area (Å²) in [5, 5.41) is 1.92. The molecule has 0 fully saturated rings. The summed E-state index contributed by atoms with van der Waals surface area (Å²) < 4.78 is 2.46. The molecule has 2 aromatic heterocycles. The highest BCUT2D eigenvalue weighted by Crippen LogP contribution is 2.18. The molecule has 4 heteroatoms. The van der Waals surface area contributed by atoms with Crippen LogP contribution in [0.1, 0.15) is 19.2 Å². The van der Waals surface area contributed by atoms with Crippen LogP contribution in [0.25, 0.3) is 15.9 Å². The summed E-state index contributed by atoms with van der Waals surface area (Å²) in [6.45, 7) is 2.10. The summed E-state index contributed by atoms with van der Waals surface area (Å²) in [7, 11) is 0. The number of aromatic nitrogens is 2. The lowest BCUT2D eigenvalue weighted by Gasteiger charge is -2.11. The van der Waals surface area contributed by atoms with Crippen LogP contribution in [0.15, 0.2) is 46.6 Å². The first-order chi connectivity index (χ1) is 9.31. The third kappa shape index (κ3) is 2.08.